The third-order valence-corrected chi connectivity index (χ3v) is 2.72. The summed E-state index contributed by atoms with van der Waals surface area (Å²) in [5.41, 5.74) is 2.01. The SMILES string of the molecule is Cc1cc(COc2ccccc2CNC(C)C)on1. The van der Waals surface area contributed by atoms with Crippen molar-refractivity contribution in [3.8, 4) is 5.75 Å². The Morgan fingerprint density at radius 1 is 1.32 bits per heavy atom. The van der Waals surface area contributed by atoms with Crippen molar-refractivity contribution in [2.45, 2.75) is 40.0 Å². The summed E-state index contributed by atoms with van der Waals surface area (Å²) < 4.78 is 10.9. The van der Waals surface area contributed by atoms with Crippen LogP contribution in [0.25, 0.3) is 0 Å². The summed E-state index contributed by atoms with van der Waals surface area (Å²) in [6, 6.07) is 10.4. The molecule has 0 aliphatic carbocycles. The van der Waals surface area contributed by atoms with Crippen LogP contribution in [0, 0.1) is 6.92 Å². The second kappa shape index (κ2) is 6.38. The molecule has 0 bridgehead atoms. The van der Waals surface area contributed by atoms with Crippen LogP contribution in [-0.4, -0.2) is 11.2 Å². The molecule has 0 unspecified atom stereocenters. The van der Waals surface area contributed by atoms with E-state index >= 15 is 0 Å². The Morgan fingerprint density at radius 3 is 2.79 bits per heavy atom. The smallest absolute Gasteiger partial charge is 0.174 e. The largest absolute Gasteiger partial charge is 0.485 e. The van der Waals surface area contributed by atoms with Crippen LogP contribution in [0.2, 0.25) is 0 Å². The van der Waals surface area contributed by atoms with Crippen LogP contribution in [-0.2, 0) is 13.2 Å². The van der Waals surface area contributed by atoms with Crippen LogP contribution < -0.4 is 10.1 Å². The highest BCUT2D eigenvalue weighted by Crippen LogP contribution is 2.19. The molecule has 2 aromatic rings. The molecule has 0 radical (unpaired) electrons. The van der Waals surface area contributed by atoms with Crippen molar-refractivity contribution < 1.29 is 9.26 Å². The molecule has 0 amide bonds. The van der Waals surface area contributed by atoms with E-state index in [2.05, 4.69) is 30.4 Å². The van der Waals surface area contributed by atoms with Gasteiger partial charge in [0.05, 0.1) is 5.69 Å². The minimum absolute atomic E-state index is 0.402. The second-order valence-electron chi connectivity index (χ2n) is 4.87. The van der Waals surface area contributed by atoms with Crippen LogP contribution in [0.3, 0.4) is 0 Å². The number of hydrogen-bond donors (Lipinski definition) is 1. The first-order chi connectivity index (χ1) is 9.15. The average molecular weight is 260 g/mol. The Hall–Kier alpha value is -1.81. The molecule has 19 heavy (non-hydrogen) atoms. The lowest BCUT2D eigenvalue weighted by molar-refractivity contribution is 0.246. The van der Waals surface area contributed by atoms with Crippen molar-refractivity contribution in [3.63, 3.8) is 0 Å². The number of hydrogen-bond acceptors (Lipinski definition) is 4. The third-order valence-electron chi connectivity index (χ3n) is 2.72. The van der Waals surface area contributed by atoms with Gasteiger partial charge in [-0.1, -0.05) is 37.2 Å². The lowest BCUT2D eigenvalue weighted by atomic mass is 10.2. The lowest BCUT2D eigenvalue weighted by Gasteiger charge is -2.12. The monoisotopic (exact) mass is 260 g/mol. The molecule has 4 heteroatoms. The number of aryl methyl sites for hydroxylation is 1. The van der Waals surface area contributed by atoms with Gasteiger partial charge in [0, 0.05) is 24.2 Å². The molecular weight excluding hydrogens is 240 g/mol. The van der Waals surface area contributed by atoms with E-state index in [1.54, 1.807) is 0 Å². The van der Waals surface area contributed by atoms with E-state index in [9.17, 15) is 0 Å². The van der Waals surface area contributed by atoms with Gasteiger partial charge in [-0.15, -0.1) is 0 Å². The first-order valence-corrected chi connectivity index (χ1v) is 6.51. The van der Waals surface area contributed by atoms with Gasteiger partial charge in [-0.3, -0.25) is 0 Å². The fourth-order valence-corrected chi connectivity index (χ4v) is 1.74. The van der Waals surface area contributed by atoms with Crippen molar-refractivity contribution in [2.75, 3.05) is 0 Å². The predicted octanol–water partition coefficient (Wildman–Crippen LogP) is 3.06. The normalized spacial score (nSPS) is 10.9. The van der Waals surface area contributed by atoms with Crippen LogP contribution in [0.15, 0.2) is 34.9 Å². The zero-order valence-corrected chi connectivity index (χ0v) is 11.6. The number of nitrogens with one attached hydrogen (secondary N) is 1. The first kappa shape index (κ1) is 13.6. The summed E-state index contributed by atoms with van der Waals surface area (Å²) >= 11 is 0. The minimum Gasteiger partial charge on any atom is -0.485 e. The van der Waals surface area contributed by atoms with Gasteiger partial charge in [-0.2, -0.15) is 0 Å². The molecule has 2 rings (SSSR count). The van der Waals surface area contributed by atoms with Gasteiger partial charge >= 0.3 is 0 Å². The third kappa shape index (κ3) is 4.10. The molecule has 4 nitrogen and oxygen atoms in total. The molecule has 1 heterocycles. The van der Waals surface area contributed by atoms with Gasteiger partial charge in [-0.25, -0.2) is 0 Å². The highest BCUT2D eigenvalue weighted by molar-refractivity contribution is 5.33. The zero-order valence-electron chi connectivity index (χ0n) is 11.6. The summed E-state index contributed by atoms with van der Waals surface area (Å²) in [4.78, 5) is 0. The molecule has 0 spiro atoms. The van der Waals surface area contributed by atoms with Gasteiger partial charge in [-0.05, 0) is 13.0 Å². The van der Waals surface area contributed by atoms with Crippen molar-refractivity contribution in [1.29, 1.82) is 0 Å². The topological polar surface area (TPSA) is 47.3 Å². The van der Waals surface area contributed by atoms with E-state index in [1.165, 1.54) is 0 Å². The Labute approximate surface area is 113 Å². The summed E-state index contributed by atoms with van der Waals surface area (Å²) in [7, 11) is 0. The minimum atomic E-state index is 0.402. The summed E-state index contributed by atoms with van der Waals surface area (Å²) in [6.45, 7) is 7.35. The first-order valence-electron chi connectivity index (χ1n) is 6.51. The number of benzene rings is 1. The van der Waals surface area contributed by atoms with Gasteiger partial charge < -0.3 is 14.6 Å². The van der Waals surface area contributed by atoms with E-state index < -0.39 is 0 Å². The van der Waals surface area contributed by atoms with E-state index in [-0.39, 0.29) is 0 Å². The van der Waals surface area contributed by atoms with E-state index in [0.29, 0.717) is 12.6 Å². The van der Waals surface area contributed by atoms with Gasteiger partial charge in [0.2, 0.25) is 0 Å². The molecule has 1 aromatic heterocycles. The van der Waals surface area contributed by atoms with Crippen LogP contribution in [0.1, 0.15) is 30.9 Å². The molecule has 0 aliphatic rings. The Bertz CT molecular complexity index is 520. The predicted molar refractivity (Wildman–Crippen MR) is 74.0 cm³/mol. The van der Waals surface area contributed by atoms with Crippen LogP contribution >= 0.6 is 0 Å². The Balaban J connectivity index is 1.99. The van der Waals surface area contributed by atoms with Crippen molar-refractivity contribution >= 4 is 0 Å². The van der Waals surface area contributed by atoms with Crippen molar-refractivity contribution in [1.82, 2.24) is 10.5 Å². The Morgan fingerprint density at radius 2 is 2.11 bits per heavy atom. The molecule has 0 saturated carbocycles. The fourth-order valence-electron chi connectivity index (χ4n) is 1.74. The molecule has 1 N–H and O–H groups in total. The molecule has 1 aromatic carbocycles. The van der Waals surface area contributed by atoms with Crippen molar-refractivity contribution in [2.24, 2.45) is 0 Å². The van der Waals surface area contributed by atoms with E-state index in [1.807, 2.05) is 31.2 Å². The van der Waals surface area contributed by atoms with Crippen LogP contribution in [0.4, 0.5) is 0 Å². The highest BCUT2D eigenvalue weighted by Gasteiger charge is 2.06. The Kier molecular flexibility index (Phi) is 4.58. The summed E-state index contributed by atoms with van der Waals surface area (Å²) in [6.07, 6.45) is 0. The molecule has 0 atom stereocenters. The number of rotatable bonds is 6. The van der Waals surface area contributed by atoms with E-state index in [0.717, 1.165) is 29.3 Å². The number of aromatic nitrogens is 1. The molecule has 0 saturated heterocycles. The maximum Gasteiger partial charge on any atom is 0.174 e. The zero-order chi connectivity index (χ0) is 13.7. The summed E-state index contributed by atoms with van der Waals surface area (Å²) in [5, 5.41) is 7.23. The molecule has 0 fully saturated rings. The molecule has 0 aliphatic heterocycles. The summed E-state index contributed by atoms with van der Waals surface area (Å²) in [5.74, 6) is 1.62. The maximum absolute atomic E-state index is 5.80. The highest BCUT2D eigenvalue weighted by atomic mass is 16.5. The number of nitrogens with zero attached hydrogens (tertiary/aromatic N) is 1. The second-order valence-corrected chi connectivity index (χ2v) is 4.87. The fraction of sp³-hybridized carbons (Fsp3) is 0.400. The van der Waals surface area contributed by atoms with Crippen molar-refractivity contribution in [3.05, 3.63) is 47.3 Å². The van der Waals surface area contributed by atoms with Crippen LogP contribution in [0.5, 0.6) is 5.75 Å². The number of para-hydroxylation sites is 1. The number of ether oxygens (including phenoxy) is 1. The quantitative estimate of drug-likeness (QED) is 0.867. The molecule has 102 valence electrons. The van der Waals surface area contributed by atoms with Gasteiger partial charge in [0.15, 0.2) is 5.76 Å². The van der Waals surface area contributed by atoms with Gasteiger partial charge in [0.1, 0.15) is 12.4 Å². The lowest BCUT2D eigenvalue weighted by Crippen LogP contribution is -2.22. The van der Waals surface area contributed by atoms with Gasteiger partial charge in [0.25, 0.3) is 0 Å². The maximum atomic E-state index is 5.80. The standard InChI is InChI=1S/C15H20N2O2/c1-11(2)16-9-13-6-4-5-7-15(13)18-10-14-8-12(3)17-19-14/h4-8,11,16H,9-10H2,1-3H3. The van der Waals surface area contributed by atoms with E-state index in [4.69, 9.17) is 9.26 Å². The average Bonchev–Trinajstić information content (AvgIpc) is 2.80. The molecular formula is C15H20N2O2.